The summed E-state index contributed by atoms with van der Waals surface area (Å²) in [6, 6.07) is 8.24. The molecule has 0 saturated heterocycles. The van der Waals surface area contributed by atoms with Crippen LogP contribution >= 0.6 is 27.5 Å². The van der Waals surface area contributed by atoms with E-state index in [0.29, 0.717) is 4.73 Å². The van der Waals surface area contributed by atoms with Gasteiger partial charge in [-0.15, -0.1) is 0 Å². The third kappa shape index (κ3) is 1.95. The number of nitrogens with zero attached hydrogens (tertiary/aromatic N) is 2. The lowest BCUT2D eigenvalue weighted by molar-refractivity contribution is 1.26. The highest BCUT2D eigenvalue weighted by molar-refractivity contribution is 9.10. The second-order valence-corrected chi connectivity index (χ2v) is 4.20. The van der Waals surface area contributed by atoms with Crippen molar-refractivity contribution in [2.24, 2.45) is 0 Å². The van der Waals surface area contributed by atoms with Crippen molar-refractivity contribution in [2.45, 2.75) is 6.92 Å². The third-order valence-corrected chi connectivity index (χ3v) is 3.02. The minimum absolute atomic E-state index is 0.661. The number of hydrogen-bond acceptors (Lipinski definition) is 3. The van der Waals surface area contributed by atoms with Crippen molar-refractivity contribution >= 4 is 27.5 Å². The summed E-state index contributed by atoms with van der Waals surface area (Å²) in [5.74, 6) is 0. The van der Waals surface area contributed by atoms with Crippen LogP contribution in [0.25, 0.3) is 10.6 Å². The second-order valence-electron chi connectivity index (χ2n) is 2.74. The van der Waals surface area contributed by atoms with Crippen molar-refractivity contribution in [3.63, 3.8) is 0 Å². The first-order valence-electron chi connectivity index (χ1n) is 3.82. The highest BCUT2D eigenvalue weighted by atomic mass is 79.9. The number of benzene rings is 1. The molecule has 1 heterocycles. The van der Waals surface area contributed by atoms with Crippen LogP contribution in [0.4, 0.5) is 0 Å². The Morgan fingerprint density at radius 1 is 1.38 bits per heavy atom. The van der Waals surface area contributed by atoms with Gasteiger partial charge in [0.25, 0.3) is 0 Å². The molecule has 0 atom stereocenters. The van der Waals surface area contributed by atoms with Crippen LogP contribution in [0.2, 0.25) is 0 Å². The molecule has 2 aromatic rings. The zero-order valence-electron chi connectivity index (χ0n) is 6.99. The molecule has 0 bridgehead atoms. The van der Waals surface area contributed by atoms with Crippen LogP contribution in [-0.4, -0.2) is 9.36 Å². The van der Waals surface area contributed by atoms with Crippen LogP contribution in [0, 0.1) is 6.92 Å². The monoisotopic (exact) mass is 254 g/mol. The maximum Gasteiger partial charge on any atom is 0.209 e. The maximum atomic E-state index is 4.25. The number of halogens is 1. The average molecular weight is 255 g/mol. The normalized spacial score (nSPS) is 10.3. The van der Waals surface area contributed by atoms with Gasteiger partial charge in [0, 0.05) is 5.56 Å². The smallest absolute Gasteiger partial charge is 0.209 e. The Morgan fingerprint density at radius 2 is 2.23 bits per heavy atom. The maximum absolute atomic E-state index is 4.25. The molecule has 66 valence electrons. The Labute approximate surface area is 88.9 Å². The molecule has 0 fully saturated rings. The van der Waals surface area contributed by atoms with E-state index in [2.05, 4.69) is 44.3 Å². The Hall–Kier alpha value is -0.740. The molecule has 1 aromatic carbocycles. The SMILES string of the molecule is Cc1cccc(-c2nc(Br)ns2)c1. The summed E-state index contributed by atoms with van der Waals surface area (Å²) in [6.45, 7) is 2.07. The van der Waals surface area contributed by atoms with Crippen molar-refractivity contribution in [1.82, 2.24) is 9.36 Å². The molecule has 0 unspecified atom stereocenters. The van der Waals surface area contributed by atoms with E-state index in [0.717, 1.165) is 10.6 Å². The number of hydrogen-bond donors (Lipinski definition) is 0. The van der Waals surface area contributed by atoms with Gasteiger partial charge in [-0.3, -0.25) is 0 Å². The lowest BCUT2D eigenvalue weighted by Crippen LogP contribution is -1.77. The lowest BCUT2D eigenvalue weighted by Gasteiger charge is -1.95. The fourth-order valence-corrected chi connectivity index (χ4v) is 2.18. The van der Waals surface area contributed by atoms with Crippen molar-refractivity contribution < 1.29 is 0 Å². The van der Waals surface area contributed by atoms with Gasteiger partial charge in [0.05, 0.1) is 0 Å². The average Bonchev–Trinajstić information content (AvgIpc) is 2.52. The van der Waals surface area contributed by atoms with E-state index in [-0.39, 0.29) is 0 Å². The largest absolute Gasteiger partial charge is 0.209 e. The third-order valence-electron chi connectivity index (χ3n) is 1.67. The van der Waals surface area contributed by atoms with E-state index in [1.165, 1.54) is 17.1 Å². The summed E-state index contributed by atoms with van der Waals surface area (Å²) >= 11 is 4.64. The van der Waals surface area contributed by atoms with Crippen LogP contribution in [-0.2, 0) is 0 Å². The first kappa shape index (κ1) is 8.84. The van der Waals surface area contributed by atoms with Gasteiger partial charge in [-0.25, -0.2) is 4.98 Å². The molecule has 4 heteroatoms. The topological polar surface area (TPSA) is 25.8 Å². The van der Waals surface area contributed by atoms with Gasteiger partial charge in [-0.1, -0.05) is 23.8 Å². The zero-order chi connectivity index (χ0) is 9.26. The summed E-state index contributed by atoms with van der Waals surface area (Å²) in [7, 11) is 0. The zero-order valence-corrected chi connectivity index (χ0v) is 9.39. The van der Waals surface area contributed by atoms with E-state index in [1.807, 2.05) is 12.1 Å². The number of aromatic nitrogens is 2. The summed E-state index contributed by atoms with van der Waals surface area (Å²) in [5.41, 5.74) is 2.37. The molecule has 0 aliphatic heterocycles. The fourth-order valence-electron chi connectivity index (χ4n) is 1.10. The summed E-state index contributed by atoms with van der Waals surface area (Å²) < 4.78 is 4.73. The second kappa shape index (κ2) is 3.55. The van der Waals surface area contributed by atoms with Crippen molar-refractivity contribution in [2.75, 3.05) is 0 Å². The molecule has 13 heavy (non-hydrogen) atoms. The van der Waals surface area contributed by atoms with Gasteiger partial charge in [-0.2, -0.15) is 4.37 Å². The molecule has 2 nitrogen and oxygen atoms in total. The van der Waals surface area contributed by atoms with Gasteiger partial charge in [0.2, 0.25) is 4.73 Å². The molecule has 0 N–H and O–H groups in total. The van der Waals surface area contributed by atoms with E-state index in [9.17, 15) is 0 Å². The van der Waals surface area contributed by atoms with E-state index in [4.69, 9.17) is 0 Å². The minimum atomic E-state index is 0.661. The molecule has 0 amide bonds. The predicted molar refractivity (Wildman–Crippen MR) is 57.8 cm³/mol. The summed E-state index contributed by atoms with van der Waals surface area (Å²) in [6.07, 6.45) is 0. The Kier molecular flexibility index (Phi) is 2.42. The molecule has 0 aliphatic rings. The predicted octanol–water partition coefficient (Wildman–Crippen LogP) is 3.28. The first-order valence-corrected chi connectivity index (χ1v) is 5.38. The molecule has 0 spiro atoms. The molecular formula is C9H7BrN2S. The molecule has 0 radical (unpaired) electrons. The van der Waals surface area contributed by atoms with Crippen molar-refractivity contribution in [3.05, 3.63) is 34.6 Å². The highest BCUT2D eigenvalue weighted by Crippen LogP contribution is 2.23. The van der Waals surface area contributed by atoms with Crippen molar-refractivity contribution in [3.8, 4) is 10.6 Å². The van der Waals surface area contributed by atoms with Gasteiger partial charge < -0.3 is 0 Å². The number of aryl methyl sites for hydroxylation is 1. The van der Waals surface area contributed by atoms with Crippen LogP contribution < -0.4 is 0 Å². The highest BCUT2D eigenvalue weighted by Gasteiger charge is 2.03. The lowest BCUT2D eigenvalue weighted by atomic mass is 10.1. The molecule has 0 aliphatic carbocycles. The first-order chi connectivity index (χ1) is 6.25. The Balaban J connectivity index is 2.46. The standard InChI is InChI=1S/C9H7BrN2S/c1-6-3-2-4-7(5-6)8-11-9(10)12-13-8/h2-5H,1H3. The summed E-state index contributed by atoms with van der Waals surface area (Å²) in [5, 5.41) is 0.954. The van der Waals surface area contributed by atoms with Crippen LogP contribution in [0.1, 0.15) is 5.56 Å². The van der Waals surface area contributed by atoms with Gasteiger partial charge in [0.1, 0.15) is 5.01 Å². The van der Waals surface area contributed by atoms with E-state index >= 15 is 0 Å². The molecule has 0 saturated carbocycles. The Morgan fingerprint density at radius 3 is 2.85 bits per heavy atom. The van der Waals surface area contributed by atoms with E-state index < -0.39 is 0 Å². The number of rotatable bonds is 1. The fraction of sp³-hybridized carbons (Fsp3) is 0.111. The van der Waals surface area contributed by atoms with E-state index in [1.54, 1.807) is 0 Å². The minimum Gasteiger partial charge on any atom is -0.209 e. The van der Waals surface area contributed by atoms with Gasteiger partial charge in [-0.05, 0) is 40.5 Å². The quantitative estimate of drug-likeness (QED) is 0.781. The molecule has 2 rings (SSSR count). The van der Waals surface area contributed by atoms with Crippen LogP contribution in [0.5, 0.6) is 0 Å². The Bertz CT molecular complexity index is 425. The molecule has 1 aromatic heterocycles. The summed E-state index contributed by atoms with van der Waals surface area (Å²) in [4.78, 5) is 4.25. The van der Waals surface area contributed by atoms with Crippen LogP contribution in [0.3, 0.4) is 0 Å². The molecular weight excluding hydrogens is 248 g/mol. The van der Waals surface area contributed by atoms with Crippen molar-refractivity contribution in [1.29, 1.82) is 0 Å². The van der Waals surface area contributed by atoms with Gasteiger partial charge in [0.15, 0.2) is 0 Å². The van der Waals surface area contributed by atoms with Gasteiger partial charge >= 0.3 is 0 Å². The van der Waals surface area contributed by atoms with Crippen LogP contribution in [0.15, 0.2) is 29.0 Å².